The van der Waals surface area contributed by atoms with Crippen LogP contribution in [0.5, 0.6) is 0 Å². The molecule has 0 atom stereocenters. The highest BCUT2D eigenvalue weighted by atomic mass is 32.2. The second-order valence-corrected chi connectivity index (χ2v) is 7.80. The van der Waals surface area contributed by atoms with Crippen LogP contribution in [0.1, 0.15) is 21.6 Å². The number of hydrogen-bond donors (Lipinski definition) is 2. The van der Waals surface area contributed by atoms with Crippen LogP contribution in [0.25, 0.3) is 0 Å². The molecule has 0 bridgehead atoms. The van der Waals surface area contributed by atoms with Gasteiger partial charge in [0.2, 0.25) is 0 Å². The molecule has 0 saturated heterocycles. The zero-order valence-corrected chi connectivity index (χ0v) is 15.7. The maximum atomic E-state index is 12.6. The summed E-state index contributed by atoms with van der Waals surface area (Å²) < 4.78 is 27.8. The van der Waals surface area contributed by atoms with Gasteiger partial charge in [0.1, 0.15) is 5.82 Å². The molecule has 0 saturated carbocycles. The van der Waals surface area contributed by atoms with E-state index in [1.54, 1.807) is 36.4 Å². The molecule has 0 spiro atoms. The van der Waals surface area contributed by atoms with E-state index in [0.29, 0.717) is 11.5 Å². The number of anilines is 2. The van der Waals surface area contributed by atoms with Gasteiger partial charge < -0.3 is 5.32 Å². The summed E-state index contributed by atoms with van der Waals surface area (Å²) in [5.41, 5.74) is 2.40. The molecule has 0 aliphatic heterocycles. The maximum Gasteiger partial charge on any atom is 0.261 e. The highest BCUT2D eigenvalue weighted by Gasteiger charge is 2.17. The number of carbonyl (C=O) groups is 1. The minimum Gasteiger partial charge on any atom is -0.307 e. The molecule has 1 amide bonds. The molecular formula is C20H19N3O3S. The lowest BCUT2D eigenvalue weighted by atomic mass is 10.2. The van der Waals surface area contributed by atoms with E-state index in [1.807, 2.05) is 26.0 Å². The summed E-state index contributed by atoms with van der Waals surface area (Å²) in [4.78, 5) is 16.7. The van der Waals surface area contributed by atoms with E-state index < -0.39 is 15.9 Å². The van der Waals surface area contributed by atoms with Gasteiger partial charge in [-0.2, -0.15) is 0 Å². The quantitative estimate of drug-likeness (QED) is 0.704. The third kappa shape index (κ3) is 4.71. The third-order valence-electron chi connectivity index (χ3n) is 3.81. The van der Waals surface area contributed by atoms with Gasteiger partial charge in [-0.1, -0.05) is 24.3 Å². The number of nitrogens with zero attached hydrogens (tertiary/aromatic N) is 1. The Morgan fingerprint density at radius 2 is 1.67 bits per heavy atom. The van der Waals surface area contributed by atoms with Gasteiger partial charge in [-0.3, -0.25) is 9.52 Å². The molecule has 1 aromatic heterocycles. The van der Waals surface area contributed by atoms with E-state index in [1.165, 1.54) is 18.2 Å². The number of rotatable bonds is 5. The van der Waals surface area contributed by atoms with Crippen LogP contribution in [0.2, 0.25) is 0 Å². The zero-order chi connectivity index (χ0) is 19.4. The summed E-state index contributed by atoms with van der Waals surface area (Å²) >= 11 is 0. The number of aryl methyl sites for hydroxylation is 2. The fourth-order valence-corrected chi connectivity index (χ4v) is 3.62. The molecular weight excluding hydrogens is 362 g/mol. The van der Waals surface area contributed by atoms with Crippen LogP contribution < -0.4 is 10.0 Å². The van der Waals surface area contributed by atoms with Crippen molar-refractivity contribution in [2.45, 2.75) is 18.7 Å². The van der Waals surface area contributed by atoms with Crippen LogP contribution >= 0.6 is 0 Å². The summed E-state index contributed by atoms with van der Waals surface area (Å²) in [5.74, 6) is -0.0214. The first-order valence-electron chi connectivity index (χ1n) is 8.28. The summed E-state index contributed by atoms with van der Waals surface area (Å²) in [6, 6.07) is 18.2. The number of amides is 1. The number of benzene rings is 2. The number of sulfonamides is 1. The zero-order valence-electron chi connectivity index (χ0n) is 14.9. The Morgan fingerprint density at radius 3 is 2.41 bits per heavy atom. The van der Waals surface area contributed by atoms with Crippen LogP contribution in [0, 0.1) is 13.8 Å². The van der Waals surface area contributed by atoms with Gasteiger partial charge in [0.05, 0.1) is 4.90 Å². The van der Waals surface area contributed by atoms with Gasteiger partial charge in [-0.15, -0.1) is 0 Å². The average molecular weight is 381 g/mol. The van der Waals surface area contributed by atoms with Crippen LogP contribution in [0.4, 0.5) is 11.5 Å². The molecule has 27 heavy (non-hydrogen) atoms. The minimum atomic E-state index is -3.81. The second kappa shape index (κ2) is 7.59. The predicted octanol–water partition coefficient (Wildman–Crippen LogP) is 3.75. The normalized spacial score (nSPS) is 11.0. The smallest absolute Gasteiger partial charge is 0.261 e. The van der Waals surface area contributed by atoms with Crippen molar-refractivity contribution in [2.75, 3.05) is 10.0 Å². The molecule has 6 nitrogen and oxygen atoms in total. The Balaban J connectivity index is 1.82. The summed E-state index contributed by atoms with van der Waals surface area (Å²) in [6.45, 7) is 3.70. The van der Waals surface area contributed by atoms with Crippen LogP contribution in [-0.4, -0.2) is 19.3 Å². The van der Waals surface area contributed by atoms with Gasteiger partial charge in [-0.25, -0.2) is 13.4 Å². The van der Waals surface area contributed by atoms with Crippen molar-refractivity contribution in [3.05, 3.63) is 83.6 Å². The van der Waals surface area contributed by atoms with Crippen molar-refractivity contribution in [2.24, 2.45) is 0 Å². The number of carbonyl (C=O) groups excluding carboxylic acids is 1. The Labute approximate surface area is 158 Å². The molecule has 2 aromatic carbocycles. The van der Waals surface area contributed by atoms with Gasteiger partial charge in [0.25, 0.3) is 15.9 Å². The van der Waals surface area contributed by atoms with Crippen LogP contribution in [-0.2, 0) is 10.0 Å². The van der Waals surface area contributed by atoms with Crippen molar-refractivity contribution in [1.29, 1.82) is 0 Å². The van der Waals surface area contributed by atoms with Crippen molar-refractivity contribution in [3.63, 3.8) is 0 Å². The minimum absolute atomic E-state index is 0.00820. The van der Waals surface area contributed by atoms with E-state index in [4.69, 9.17) is 0 Å². The summed E-state index contributed by atoms with van der Waals surface area (Å²) in [5, 5.41) is 2.67. The third-order valence-corrected chi connectivity index (χ3v) is 5.19. The summed E-state index contributed by atoms with van der Waals surface area (Å²) in [6.07, 6.45) is 0. The van der Waals surface area contributed by atoms with E-state index >= 15 is 0 Å². The molecule has 2 N–H and O–H groups in total. The number of hydrogen-bond acceptors (Lipinski definition) is 4. The molecule has 3 rings (SSSR count). The van der Waals surface area contributed by atoms with Crippen molar-refractivity contribution in [3.8, 4) is 0 Å². The van der Waals surface area contributed by atoms with Crippen LogP contribution in [0.15, 0.2) is 71.6 Å². The summed E-state index contributed by atoms with van der Waals surface area (Å²) in [7, 11) is -3.81. The largest absolute Gasteiger partial charge is 0.307 e. The topological polar surface area (TPSA) is 88.2 Å². The molecule has 0 radical (unpaired) electrons. The Hall–Kier alpha value is -3.19. The Morgan fingerprint density at radius 1 is 0.926 bits per heavy atom. The number of aromatic nitrogens is 1. The first-order valence-corrected chi connectivity index (χ1v) is 9.76. The second-order valence-electron chi connectivity index (χ2n) is 6.12. The molecule has 138 valence electrons. The van der Waals surface area contributed by atoms with Crippen molar-refractivity contribution >= 4 is 27.4 Å². The first-order chi connectivity index (χ1) is 12.8. The van der Waals surface area contributed by atoms with Gasteiger partial charge in [-0.05, 0) is 61.9 Å². The van der Waals surface area contributed by atoms with E-state index in [0.717, 1.165) is 11.3 Å². The van der Waals surface area contributed by atoms with Crippen LogP contribution in [0.3, 0.4) is 0 Å². The molecule has 3 aromatic rings. The lowest BCUT2D eigenvalue weighted by Gasteiger charge is -2.10. The van der Waals surface area contributed by atoms with E-state index in [9.17, 15) is 13.2 Å². The molecule has 7 heteroatoms. The highest BCUT2D eigenvalue weighted by Crippen LogP contribution is 2.18. The molecule has 1 heterocycles. The lowest BCUT2D eigenvalue weighted by Crippen LogP contribution is -2.16. The molecule has 0 aliphatic carbocycles. The van der Waals surface area contributed by atoms with E-state index in [2.05, 4.69) is 15.0 Å². The predicted molar refractivity (Wildman–Crippen MR) is 105 cm³/mol. The first kappa shape index (κ1) is 18.6. The van der Waals surface area contributed by atoms with Gasteiger partial charge in [0.15, 0.2) is 0 Å². The average Bonchev–Trinajstić information content (AvgIpc) is 2.61. The molecule has 0 aliphatic rings. The fourth-order valence-electron chi connectivity index (χ4n) is 2.53. The Bertz CT molecular complexity index is 1090. The Kier molecular flexibility index (Phi) is 5.23. The SMILES string of the molecule is Cc1cccc(NS(=O)(=O)c2cccc(C(=O)Nc3cccc(C)n3)c2)c1. The van der Waals surface area contributed by atoms with E-state index in [-0.39, 0.29) is 10.5 Å². The monoisotopic (exact) mass is 381 g/mol. The lowest BCUT2D eigenvalue weighted by molar-refractivity contribution is 0.102. The maximum absolute atomic E-state index is 12.6. The van der Waals surface area contributed by atoms with Gasteiger partial charge in [0, 0.05) is 16.9 Å². The number of pyridine rings is 1. The van der Waals surface area contributed by atoms with Crippen molar-refractivity contribution in [1.82, 2.24) is 4.98 Å². The van der Waals surface area contributed by atoms with Crippen molar-refractivity contribution < 1.29 is 13.2 Å². The highest BCUT2D eigenvalue weighted by molar-refractivity contribution is 7.92. The number of nitrogens with one attached hydrogen (secondary N) is 2. The fraction of sp³-hybridized carbons (Fsp3) is 0.100. The molecule has 0 unspecified atom stereocenters. The van der Waals surface area contributed by atoms with Gasteiger partial charge >= 0.3 is 0 Å². The molecule has 0 fully saturated rings. The standard InChI is InChI=1S/C20H19N3O3S/c1-14-6-3-9-17(12-14)23-27(25,26)18-10-5-8-16(13-18)20(24)22-19-11-4-7-15(2)21-19/h3-13,23H,1-2H3,(H,21,22,24).